The van der Waals surface area contributed by atoms with E-state index in [4.69, 9.17) is 21.6 Å². The van der Waals surface area contributed by atoms with Gasteiger partial charge in [-0.25, -0.2) is 15.0 Å². The molecule has 4 atom stereocenters. The van der Waals surface area contributed by atoms with Crippen molar-refractivity contribution in [1.82, 2.24) is 19.5 Å². The van der Waals surface area contributed by atoms with Gasteiger partial charge in [-0.3, -0.25) is 4.57 Å². The fourth-order valence-electron chi connectivity index (χ4n) is 2.47. The molecule has 1 saturated heterocycles. The Morgan fingerprint density at radius 2 is 2.27 bits per heavy atom. The van der Waals surface area contributed by atoms with E-state index in [1.807, 2.05) is 0 Å². The molecule has 3 heterocycles. The van der Waals surface area contributed by atoms with Crippen molar-refractivity contribution in [2.24, 2.45) is 0 Å². The van der Waals surface area contributed by atoms with Gasteiger partial charge < -0.3 is 25.4 Å². The summed E-state index contributed by atoms with van der Waals surface area (Å²) in [5.74, 6) is 2.58. The van der Waals surface area contributed by atoms with Crippen molar-refractivity contribution in [3.8, 4) is 12.3 Å². The second kappa shape index (κ2) is 5.86. The van der Waals surface area contributed by atoms with Gasteiger partial charge in [0, 0.05) is 0 Å². The lowest BCUT2D eigenvalue weighted by Crippen LogP contribution is -2.35. The van der Waals surface area contributed by atoms with Gasteiger partial charge in [0.15, 0.2) is 17.7 Å². The number of hydrogen-bond donors (Lipinski definition) is 3. The summed E-state index contributed by atoms with van der Waals surface area (Å²) in [6.07, 6.45) is 4.66. The SMILES string of the molecule is C#CCO[C@@H]1[C@@H](O)[C@@H](CO)O[C@H]1n1cnc2c(N)ncnc21. The molecule has 1 aliphatic heterocycles. The lowest BCUT2D eigenvalue weighted by atomic mass is 10.1. The third-order valence-corrected chi connectivity index (χ3v) is 3.51. The Morgan fingerprint density at radius 1 is 1.45 bits per heavy atom. The second-order valence-electron chi connectivity index (χ2n) is 4.80. The maximum absolute atomic E-state index is 10.2. The first-order valence-electron chi connectivity index (χ1n) is 6.59. The predicted molar refractivity (Wildman–Crippen MR) is 75.3 cm³/mol. The standard InChI is InChI=1S/C13H15N5O4/c1-2-3-21-10-9(20)7(4-19)22-13(10)18-6-17-8-11(14)15-5-16-12(8)18/h1,5-7,9-10,13,19-20H,3-4H2,(H2,14,15,16)/t7-,9+,10-,13-/m1/s1. The van der Waals surface area contributed by atoms with Crippen LogP contribution in [0.25, 0.3) is 11.2 Å². The van der Waals surface area contributed by atoms with Gasteiger partial charge in [0.25, 0.3) is 0 Å². The maximum atomic E-state index is 10.2. The van der Waals surface area contributed by atoms with Crippen LogP contribution in [-0.2, 0) is 9.47 Å². The molecule has 1 aliphatic rings. The fraction of sp³-hybridized carbons (Fsp3) is 0.462. The van der Waals surface area contributed by atoms with E-state index in [1.54, 1.807) is 4.57 Å². The Bertz CT molecular complexity index is 712. The third kappa shape index (κ3) is 2.28. The van der Waals surface area contributed by atoms with Crippen LogP contribution in [0, 0.1) is 12.3 Å². The monoisotopic (exact) mass is 305 g/mol. The molecule has 0 aliphatic carbocycles. The van der Waals surface area contributed by atoms with Crippen molar-refractivity contribution in [2.45, 2.75) is 24.5 Å². The van der Waals surface area contributed by atoms with Gasteiger partial charge in [-0.05, 0) is 0 Å². The molecule has 1 fully saturated rings. The van der Waals surface area contributed by atoms with E-state index in [-0.39, 0.29) is 19.0 Å². The van der Waals surface area contributed by atoms with Gasteiger partial charge in [-0.2, -0.15) is 0 Å². The first-order valence-corrected chi connectivity index (χ1v) is 6.59. The van der Waals surface area contributed by atoms with E-state index in [9.17, 15) is 10.2 Å². The molecule has 0 aromatic carbocycles. The van der Waals surface area contributed by atoms with Crippen LogP contribution in [-0.4, -0.2) is 61.3 Å². The number of hydrogen-bond acceptors (Lipinski definition) is 8. The number of nitrogens with zero attached hydrogens (tertiary/aromatic N) is 4. The van der Waals surface area contributed by atoms with Gasteiger partial charge in [0.05, 0.1) is 12.9 Å². The van der Waals surface area contributed by atoms with Crippen LogP contribution in [0.3, 0.4) is 0 Å². The molecule has 3 rings (SSSR count). The molecular weight excluding hydrogens is 290 g/mol. The summed E-state index contributed by atoms with van der Waals surface area (Å²) in [7, 11) is 0. The Balaban J connectivity index is 2.00. The molecule has 4 N–H and O–H groups in total. The molecule has 2 aromatic heterocycles. The topological polar surface area (TPSA) is 129 Å². The number of aromatic nitrogens is 4. The third-order valence-electron chi connectivity index (χ3n) is 3.51. The summed E-state index contributed by atoms with van der Waals surface area (Å²) in [6, 6.07) is 0. The number of imidazole rings is 1. The van der Waals surface area contributed by atoms with Gasteiger partial charge in [-0.15, -0.1) is 6.42 Å². The van der Waals surface area contributed by atoms with E-state index in [0.717, 1.165) is 0 Å². The smallest absolute Gasteiger partial charge is 0.167 e. The summed E-state index contributed by atoms with van der Waals surface area (Å²) >= 11 is 0. The first kappa shape index (κ1) is 14.7. The number of nitrogens with two attached hydrogens (primary N) is 1. The summed E-state index contributed by atoms with van der Waals surface area (Å²) in [4.78, 5) is 12.1. The summed E-state index contributed by atoms with van der Waals surface area (Å²) in [5, 5.41) is 19.5. The molecule has 9 nitrogen and oxygen atoms in total. The Morgan fingerprint density at radius 3 is 3.00 bits per heavy atom. The number of rotatable bonds is 4. The first-order chi connectivity index (χ1) is 10.7. The minimum atomic E-state index is -1.03. The van der Waals surface area contributed by atoms with Crippen LogP contribution in [0.1, 0.15) is 6.23 Å². The molecule has 0 saturated carbocycles. The number of ether oxygens (including phenoxy) is 2. The highest BCUT2D eigenvalue weighted by molar-refractivity contribution is 5.81. The van der Waals surface area contributed by atoms with Gasteiger partial charge in [0.1, 0.15) is 36.8 Å². The average Bonchev–Trinajstić information content (AvgIpc) is 3.07. The Labute approximate surface area is 125 Å². The minimum Gasteiger partial charge on any atom is -0.394 e. The van der Waals surface area contributed by atoms with Crippen LogP contribution < -0.4 is 5.73 Å². The molecular formula is C13H15N5O4. The number of aliphatic hydroxyl groups is 2. The molecule has 0 spiro atoms. The largest absolute Gasteiger partial charge is 0.394 e. The molecule has 0 amide bonds. The lowest BCUT2D eigenvalue weighted by Gasteiger charge is -2.20. The molecule has 0 bridgehead atoms. The van der Waals surface area contributed by atoms with Crippen molar-refractivity contribution in [3.63, 3.8) is 0 Å². The van der Waals surface area contributed by atoms with Gasteiger partial charge >= 0.3 is 0 Å². The van der Waals surface area contributed by atoms with Crippen LogP contribution in [0.2, 0.25) is 0 Å². The number of anilines is 1. The molecule has 2 aromatic rings. The molecule has 0 radical (unpaired) electrons. The second-order valence-corrected chi connectivity index (χ2v) is 4.80. The van der Waals surface area contributed by atoms with Crippen molar-refractivity contribution in [2.75, 3.05) is 18.9 Å². The van der Waals surface area contributed by atoms with E-state index >= 15 is 0 Å². The summed E-state index contributed by atoms with van der Waals surface area (Å²) < 4.78 is 12.7. The fourth-order valence-corrected chi connectivity index (χ4v) is 2.47. The van der Waals surface area contributed by atoms with Crippen molar-refractivity contribution >= 4 is 17.0 Å². The minimum absolute atomic E-state index is 0.00346. The van der Waals surface area contributed by atoms with Gasteiger partial charge in [0.2, 0.25) is 0 Å². The van der Waals surface area contributed by atoms with Crippen LogP contribution >= 0.6 is 0 Å². The van der Waals surface area contributed by atoms with E-state index in [2.05, 4.69) is 20.9 Å². The molecule has 0 unspecified atom stereocenters. The number of fused-ring (bicyclic) bond motifs is 1. The van der Waals surface area contributed by atoms with Crippen LogP contribution in [0.5, 0.6) is 0 Å². The zero-order chi connectivity index (χ0) is 15.7. The lowest BCUT2D eigenvalue weighted by molar-refractivity contribution is -0.0636. The molecule has 116 valence electrons. The Kier molecular flexibility index (Phi) is 3.91. The number of terminal acetylenes is 1. The number of nitrogen functional groups attached to an aromatic ring is 1. The quantitative estimate of drug-likeness (QED) is 0.593. The zero-order valence-electron chi connectivity index (χ0n) is 11.5. The van der Waals surface area contributed by atoms with Crippen molar-refractivity contribution in [3.05, 3.63) is 12.7 Å². The van der Waals surface area contributed by atoms with Crippen LogP contribution in [0.15, 0.2) is 12.7 Å². The Hall–Kier alpha value is -2.25. The van der Waals surface area contributed by atoms with E-state index in [1.165, 1.54) is 12.7 Å². The summed E-state index contributed by atoms with van der Waals surface area (Å²) in [6.45, 7) is -0.346. The van der Waals surface area contributed by atoms with E-state index in [0.29, 0.717) is 11.2 Å². The van der Waals surface area contributed by atoms with Gasteiger partial charge in [-0.1, -0.05) is 5.92 Å². The van der Waals surface area contributed by atoms with Crippen molar-refractivity contribution in [1.29, 1.82) is 0 Å². The predicted octanol–water partition coefficient (Wildman–Crippen LogP) is -1.32. The molecule has 22 heavy (non-hydrogen) atoms. The normalized spacial score (nSPS) is 28.0. The molecule has 9 heteroatoms. The highest BCUT2D eigenvalue weighted by atomic mass is 16.6. The highest BCUT2D eigenvalue weighted by Gasteiger charge is 2.45. The van der Waals surface area contributed by atoms with E-state index < -0.39 is 24.5 Å². The van der Waals surface area contributed by atoms with Crippen molar-refractivity contribution < 1.29 is 19.7 Å². The zero-order valence-corrected chi connectivity index (χ0v) is 11.5. The highest BCUT2D eigenvalue weighted by Crippen LogP contribution is 2.33. The number of aliphatic hydroxyl groups excluding tert-OH is 2. The van der Waals surface area contributed by atoms with Crippen LogP contribution in [0.4, 0.5) is 5.82 Å². The maximum Gasteiger partial charge on any atom is 0.167 e. The summed E-state index contributed by atoms with van der Waals surface area (Å²) in [5.41, 5.74) is 6.61. The average molecular weight is 305 g/mol.